The molecule has 1 saturated heterocycles. The molecule has 1 aliphatic heterocycles. The SMILES string of the molecule is CCC[C@@H]1CC[CH]N1c1cncc(F)c1. The molecule has 0 aliphatic carbocycles. The molecule has 81 valence electrons. The molecule has 2 nitrogen and oxygen atoms in total. The molecule has 1 radical (unpaired) electrons. The number of halogens is 1. The Balaban J connectivity index is 2.15. The first kappa shape index (κ1) is 10.4. The summed E-state index contributed by atoms with van der Waals surface area (Å²) in [6.07, 6.45) is 7.55. The van der Waals surface area contributed by atoms with Crippen LogP contribution in [0.2, 0.25) is 0 Å². The second-order valence-corrected chi connectivity index (χ2v) is 3.97. The minimum Gasteiger partial charge on any atom is -0.362 e. The van der Waals surface area contributed by atoms with E-state index in [4.69, 9.17) is 0 Å². The number of aromatic nitrogens is 1. The summed E-state index contributed by atoms with van der Waals surface area (Å²) in [6.45, 7) is 4.33. The van der Waals surface area contributed by atoms with Crippen molar-refractivity contribution in [2.75, 3.05) is 4.90 Å². The van der Waals surface area contributed by atoms with Crippen molar-refractivity contribution in [2.45, 2.75) is 38.6 Å². The van der Waals surface area contributed by atoms with Crippen LogP contribution in [0, 0.1) is 12.4 Å². The lowest BCUT2D eigenvalue weighted by Gasteiger charge is -2.25. The number of anilines is 1. The summed E-state index contributed by atoms with van der Waals surface area (Å²) >= 11 is 0. The van der Waals surface area contributed by atoms with Crippen LogP contribution in [0.4, 0.5) is 10.1 Å². The highest BCUT2D eigenvalue weighted by Crippen LogP contribution is 2.30. The Hall–Kier alpha value is -1.12. The van der Waals surface area contributed by atoms with Crippen LogP contribution in [-0.2, 0) is 0 Å². The van der Waals surface area contributed by atoms with Gasteiger partial charge in [0.2, 0.25) is 0 Å². The van der Waals surface area contributed by atoms with Crippen molar-refractivity contribution in [3.05, 3.63) is 30.8 Å². The zero-order valence-electron chi connectivity index (χ0n) is 8.99. The van der Waals surface area contributed by atoms with Crippen LogP contribution in [0.5, 0.6) is 0 Å². The van der Waals surface area contributed by atoms with Crippen molar-refractivity contribution in [3.8, 4) is 0 Å². The molecule has 0 spiro atoms. The van der Waals surface area contributed by atoms with Crippen LogP contribution in [-0.4, -0.2) is 11.0 Å². The molecular weight excluding hydrogens is 191 g/mol. The van der Waals surface area contributed by atoms with Crippen molar-refractivity contribution >= 4 is 5.69 Å². The van der Waals surface area contributed by atoms with Gasteiger partial charge < -0.3 is 4.90 Å². The summed E-state index contributed by atoms with van der Waals surface area (Å²) in [5.74, 6) is -0.261. The lowest BCUT2D eigenvalue weighted by atomic mass is 10.1. The summed E-state index contributed by atoms with van der Waals surface area (Å²) < 4.78 is 13.0. The average molecular weight is 207 g/mol. The van der Waals surface area contributed by atoms with E-state index in [1.807, 2.05) is 0 Å². The maximum atomic E-state index is 13.0. The van der Waals surface area contributed by atoms with Gasteiger partial charge in [-0.25, -0.2) is 4.39 Å². The van der Waals surface area contributed by atoms with Crippen molar-refractivity contribution in [1.82, 2.24) is 4.98 Å². The van der Waals surface area contributed by atoms with Gasteiger partial charge in [-0.1, -0.05) is 13.3 Å². The van der Waals surface area contributed by atoms with Crippen molar-refractivity contribution < 1.29 is 4.39 Å². The zero-order chi connectivity index (χ0) is 10.7. The molecule has 1 aromatic rings. The van der Waals surface area contributed by atoms with Gasteiger partial charge in [-0.3, -0.25) is 4.98 Å². The molecule has 2 rings (SSSR count). The molecule has 1 fully saturated rings. The molecule has 2 heterocycles. The first-order valence-corrected chi connectivity index (χ1v) is 5.53. The Kier molecular flexibility index (Phi) is 3.19. The molecule has 0 unspecified atom stereocenters. The number of nitrogens with zero attached hydrogens (tertiary/aromatic N) is 2. The molecule has 0 amide bonds. The number of pyridine rings is 1. The molecular formula is C12H16FN2. The van der Waals surface area contributed by atoms with Gasteiger partial charge in [0.15, 0.2) is 0 Å². The van der Waals surface area contributed by atoms with E-state index in [1.54, 1.807) is 12.3 Å². The second-order valence-electron chi connectivity index (χ2n) is 3.97. The third kappa shape index (κ3) is 2.28. The Morgan fingerprint density at radius 3 is 3.13 bits per heavy atom. The van der Waals surface area contributed by atoms with Gasteiger partial charge in [-0.2, -0.15) is 0 Å². The lowest BCUT2D eigenvalue weighted by molar-refractivity contribution is 0.595. The standard InChI is InChI=1S/C12H16FN2/c1-2-4-11-5-3-6-15(11)12-7-10(13)8-14-9-12/h6-9,11H,2-5H2,1H3/t11-/m1/s1. The fourth-order valence-corrected chi connectivity index (χ4v) is 2.17. The monoisotopic (exact) mass is 207 g/mol. The maximum absolute atomic E-state index is 13.0. The first-order chi connectivity index (χ1) is 7.31. The summed E-state index contributed by atoms with van der Waals surface area (Å²) in [5.41, 5.74) is 0.881. The van der Waals surface area contributed by atoms with Gasteiger partial charge in [0.05, 0.1) is 18.1 Å². The van der Waals surface area contributed by atoms with Gasteiger partial charge in [0.1, 0.15) is 5.82 Å². The van der Waals surface area contributed by atoms with Crippen molar-refractivity contribution in [3.63, 3.8) is 0 Å². The highest BCUT2D eigenvalue weighted by molar-refractivity contribution is 5.48. The molecule has 1 aromatic heterocycles. The van der Waals surface area contributed by atoms with Crippen LogP contribution in [0.25, 0.3) is 0 Å². The molecule has 3 heteroatoms. The van der Waals surface area contributed by atoms with Crippen LogP contribution >= 0.6 is 0 Å². The minimum atomic E-state index is -0.261. The van der Waals surface area contributed by atoms with E-state index in [2.05, 4.69) is 23.4 Å². The summed E-state index contributed by atoms with van der Waals surface area (Å²) in [7, 11) is 0. The number of hydrogen-bond acceptors (Lipinski definition) is 2. The van der Waals surface area contributed by atoms with Crippen molar-refractivity contribution in [2.24, 2.45) is 0 Å². The maximum Gasteiger partial charge on any atom is 0.143 e. The minimum absolute atomic E-state index is 0.261. The summed E-state index contributed by atoms with van der Waals surface area (Å²) in [6, 6.07) is 2.08. The van der Waals surface area contributed by atoms with Crippen LogP contribution in [0.3, 0.4) is 0 Å². The Labute approximate surface area is 90.1 Å². The van der Waals surface area contributed by atoms with Gasteiger partial charge in [0, 0.05) is 18.7 Å². The van der Waals surface area contributed by atoms with Crippen LogP contribution in [0.15, 0.2) is 18.5 Å². The molecule has 1 atom stereocenters. The summed E-state index contributed by atoms with van der Waals surface area (Å²) in [4.78, 5) is 6.05. The molecule has 0 bridgehead atoms. The van der Waals surface area contributed by atoms with E-state index >= 15 is 0 Å². The quantitative estimate of drug-likeness (QED) is 0.757. The smallest absolute Gasteiger partial charge is 0.143 e. The normalized spacial score (nSPS) is 20.9. The fraction of sp³-hybridized carbons (Fsp3) is 0.500. The van der Waals surface area contributed by atoms with Crippen LogP contribution < -0.4 is 4.90 Å². The van der Waals surface area contributed by atoms with E-state index in [9.17, 15) is 4.39 Å². The molecule has 0 N–H and O–H groups in total. The molecule has 15 heavy (non-hydrogen) atoms. The van der Waals surface area contributed by atoms with E-state index in [1.165, 1.54) is 12.6 Å². The Bertz CT molecular complexity index is 327. The molecule has 1 aliphatic rings. The zero-order valence-corrected chi connectivity index (χ0v) is 8.99. The summed E-state index contributed by atoms with van der Waals surface area (Å²) in [5, 5.41) is 0. The first-order valence-electron chi connectivity index (χ1n) is 5.53. The van der Waals surface area contributed by atoms with Crippen LogP contribution in [0.1, 0.15) is 32.6 Å². The van der Waals surface area contributed by atoms with Gasteiger partial charge in [-0.05, 0) is 19.3 Å². The highest BCUT2D eigenvalue weighted by Gasteiger charge is 2.24. The topological polar surface area (TPSA) is 16.1 Å². The van der Waals surface area contributed by atoms with Crippen molar-refractivity contribution in [1.29, 1.82) is 0 Å². The van der Waals surface area contributed by atoms with E-state index in [0.29, 0.717) is 6.04 Å². The third-order valence-electron chi connectivity index (χ3n) is 2.83. The Morgan fingerprint density at radius 2 is 2.40 bits per heavy atom. The fourth-order valence-electron chi connectivity index (χ4n) is 2.17. The third-order valence-corrected chi connectivity index (χ3v) is 2.83. The average Bonchev–Trinajstić information content (AvgIpc) is 2.66. The number of hydrogen-bond donors (Lipinski definition) is 0. The van der Waals surface area contributed by atoms with E-state index < -0.39 is 0 Å². The predicted octanol–water partition coefficient (Wildman–Crippen LogP) is 3.15. The number of rotatable bonds is 3. The molecule has 0 saturated carbocycles. The largest absolute Gasteiger partial charge is 0.362 e. The van der Waals surface area contributed by atoms with Gasteiger partial charge >= 0.3 is 0 Å². The van der Waals surface area contributed by atoms with Gasteiger partial charge in [-0.15, -0.1) is 0 Å². The predicted molar refractivity (Wildman–Crippen MR) is 58.9 cm³/mol. The molecule has 0 aromatic carbocycles. The van der Waals surface area contributed by atoms with E-state index in [-0.39, 0.29) is 5.82 Å². The van der Waals surface area contributed by atoms with Gasteiger partial charge in [0.25, 0.3) is 0 Å². The van der Waals surface area contributed by atoms with E-state index in [0.717, 1.165) is 24.9 Å². The Morgan fingerprint density at radius 1 is 1.53 bits per heavy atom. The second kappa shape index (κ2) is 4.60. The highest BCUT2D eigenvalue weighted by atomic mass is 19.1. The lowest BCUT2D eigenvalue weighted by Crippen LogP contribution is -2.26.